The highest BCUT2D eigenvalue weighted by molar-refractivity contribution is 5.83. The summed E-state index contributed by atoms with van der Waals surface area (Å²) in [5, 5.41) is 1.33. The van der Waals surface area contributed by atoms with Gasteiger partial charge in [-0.3, -0.25) is 0 Å². The molecule has 1 atom stereocenters. The Morgan fingerprint density at radius 3 is 3.08 bits per heavy atom. The molecule has 2 heterocycles. The Labute approximate surface area is 76.5 Å². The van der Waals surface area contributed by atoms with Crippen molar-refractivity contribution >= 4 is 10.9 Å². The van der Waals surface area contributed by atoms with Crippen LogP contribution in [0.4, 0.5) is 0 Å². The SMILES string of the molecule is c1ccc2c(C[C@@H]3CO3)c[nH]c2c1. The third-order valence-corrected chi connectivity index (χ3v) is 2.52. The number of aromatic amines is 1. The Bertz CT molecular complexity index is 428. The van der Waals surface area contributed by atoms with Crippen LogP contribution in [0.15, 0.2) is 30.5 Å². The summed E-state index contributed by atoms with van der Waals surface area (Å²) in [6.07, 6.45) is 3.61. The molecule has 0 spiro atoms. The van der Waals surface area contributed by atoms with Gasteiger partial charge in [0.15, 0.2) is 0 Å². The molecule has 1 aliphatic heterocycles. The highest BCUT2D eigenvalue weighted by Gasteiger charge is 2.23. The largest absolute Gasteiger partial charge is 0.373 e. The number of nitrogens with one attached hydrogen (secondary N) is 1. The van der Waals surface area contributed by atoms with E-state index in [9.17, 15) is 0 Å². The molecule has 3 rings (SSSR count). The van der Waals surface area contributed by atoms with Gasteiger partial charge in [0, 0.05) is 23.5 Å². The van der Waals surface area contributed by atoms with Gasteiger partial charge in [-0.1, -0.05) is 18.2 Å². The number of H-pyrrole nitrogens is 1. The Kier molecular flexibility index (Phi) is 1.43. The maximum Gasteiger partial charge on any atom is 0.0850 e. The average Bonchev–Trinajstić information content (AvgIpc) is 2.88. The number of hydrogen-bond donors (Lipinski definition) is 1. The molecule has 0 bridgehead atoms. The van der Waals surface area contributed by atoms with E-state index >= 15 is 0 Å². The molecular weight excluding hydrogens is 162 g/mol. The molecule has 1 fully saturated rings. The van der Waals surface area contributed by atoms with Crippen molar-refractivity contribution in [3.8, 4) is 0 Å². The molecule has 0 amide bonds. The molecule has 0 radical (unpaired) electrons. The summed E-state index contributed by atoms with van der Waals surface area (Å²) < 4.78 is 5.22. The van der Waals surface area contributed by atoms with Gasteiger partial charge in [0.25, 0.3) is 0 Å². The van der Waals surface area contributed by atoms with Crippen molar-refractivity contribution in [2.24, 2.45) is 0 Å². The molecule has 1 N–H and O–H groups in total. The van der Waals surface area contributed by atoms with Gasteiger partial charge in [-0.25, -0.2) is 0 Å². The van der Waals surface area contributed by atoms with Crippen molar-refractivity contribution in [3.63, 3.8) is 0 Å². The summed E-state index contributed by atoms with van der Waals surface area (Å²) in [6.45, 7) is 0.930. The first-order valence-electron chi connectivity index (χ1n) is 4.60. The second-order valence-corrected chi connectivity index (χ2v) is 3.52. The van der Waals surface area contributed by atoms with E-state index in [0.717, 1.165) is 13.0 Å². The lowest BCUT2D eigenvalue weighted by atomic mass is 10.1. The van der Waals surface area contributed by atoms with Crippen molar-refractivity contribution in [2.45, 2.75) is 12.5 Å². The summed E-state index contributed by atoms with van der Waals surface area (Å²) in [6, 6.07) is 8.39. The zero-order chi connectivity index (χ0) is 8.67. The van der Waals surface area contributed by atoms with Gasteiger partial charge < -0.3 is 9.72 Å². The van der Waals surface area contributed by atoms with E-state index in [1.165, 1.54) is 16.5 Å². The first-order valence-corrected chi connectivity index (χ1v) is 4.60. The van der Waals surface area contributed by atoms with Gasteiger partial charge in [-0.05, 0) is 11.6 Å². The Morgan fingerprint density at radius 2 is 2.23 bits per heavy atom. The lowest BCUT2D eigenvalue weighted by molar-refractivity contribution is 0.408. The molecule has 13 heavy (non-hydrogen) atoms. The molecule has 2 aromatic rings. The number of hydrogen-bond acceptors (Lipinski definition) is 1. The molecular formula is C11H11NO. The number of epoxide rings is 1. The van der Waals surface area contributed by atoms with E-state index in [4.69, 9.17) is 4.74 Å². The Balaban J connectivity index is 2.06. The van der Waals surface area contributed by atoms with Crippen LogP contribution in [0.1, 0.15) is 5.56 Å². The van der Waals surface area contributed by atoms with Crippen molar-refractivity contribution in [1.29, 1.82) is 0 Å². The minimum Gasteiger partial charge on any atom is -0.373 e. The lowest BCUT2D eigenvalue weighted by Crippen LogP contribution is -1.90. The van der Waals surface area contributed by atoms with E-state index in [1.54, 1.807) is 0 Å². The summed E-state index contributed by atoms with van der Waals surface area (Å²) in [5.41, 5.74) is 2.59. The molecule has 66 valence electrons. The number of ether oxygens (including phenoxy) is 1. The smallest absolute Gasteiger partial charge is 0.0850 e. The minimum absolute atomic E-state index is 0.471. The fourth-order valence-electron chi connectivity index (χ4n) is 1.73. The van der Waals surface area contributed by atoms with E-state index in [2.05, 4.69) is 35.4 Å². The van der Waals surface area contributed by atoms with Gasteiger partial charge in [0.2, 0.25) is 0 Å². The molecule has 1 aromatic carbocycles. The van der Waals surface area contributed by atoms with Crippen molar-refractivity contribution in [2.75, 3.05) is 6.61 Å². The number of fused-ring (bicyclic) bond motifs is 1. The zero-order valence-corrected chi connectivity index (χ0v) is 7.29. The topological polar surface area (TPSA) is 28.3 Å². The molecule has 2 nitrogen and oxygen atoms in total. The van der Waals surface area contributed by atoms with E-state index in [1.807, 2.05) is 0 Å². The first-order chi connectivity index (χ1) is 6.43. The maximum absolute atomic E-state index is 5.22. The van der Waals surface area contributed by atoms with E-state index < -0.39 is 0 Å². The monoisotopic (exact) mass is 173 g/mol. The normalized spacial score (nSPS) is 20.8. The summed E-state index contributed by atoms with van der Waals surface area (Å²) in [5.74, 6) is 0. The number of rotatable bonds is 2. The van der Waals surface area contributed by atoms with Crippen LogP contribution in [0.3, 0.4) is 0 Å². The van der Waals surface area contributed by atoms with Crippen LogP contribution in [-0.2, 0) is 11.2 Å². The van der Waals surface area contributed by atoms with Gasteiger partial charge >= 0.3 is 0 Å². The third-order valence-electron chi connectivity index (χ3n) is 2.52. The average molecular weight is 173 g/mol. The van der Waals surface area contributed by atoms with Gasteiger partial charge in [-0.2, -0.15) is 0 Å². The number of aromatic nitrogens is 1. The van der Waals surface area contributed by atoms with Gasteiger partial charge in [0.1, 0.15) is 0 Å². The standard InChI is InChI=1S/C11H11NO/c1-2-4-11-10(3-1)8(6-12-11)5-9-7-13-9/h1-4,6,9,12H,5,7H2/t9-/m1/s1. The summed E-state index contributed by atoms with van der Waals surface area (Å²) in [4.78, 5) is 3.27. The molecule has 1 aromatic heterocycles. The molecule has 0 unspecified atom stereocenters. The lowest BCUT2D eigenvalue weighted by Gasteiger charge is -1.93. The highest BCUT2D eigenvalue weighted by atomic mass is 16.6. The summed E-state index contributed by atoms with van der Waals surface area (Å²) in [7, 11) is 0. The minimum atomic E-state index is 0.471. The van der Waals surface area contributed by atoms with Crippen molar-refractivity contribution in [3.05, 3.63) is 36.0 Å². The van der Waals surface area contributed by atoms with E-state index in [-0.39, 0.29) is 0 Å². The Hall–Kier alpha value is -1.28. The van der Waals surface area contributed by atoms with Crippen LogP contribution in [0.5, 0.6) is 0 Å². The second kappa shape index (κ2) is 2.60. The fraction of sp³-hybridized carbons (Fsp3) is 0.273. The molecule has 2 heteroatoms. The maximum atomic E-state index is 5.22. The zero-order valence-electron chi connectivity index (χ0n) is 7.29. The molecule has 1 saturated heterocycles. The first kappa shape index (κ1) is 7.15. The van der Waals surface area contributed by atoms with Crippen molar-refractivity contribution < 1.29 is 4.74 Å². The second-order valence-electron chi connectivity index (χ2n) is 3.52. The van der Waals surface area contributed by atoms with Crippen LogP contribution in [0.25, 0.3) is 10.9 Å². The van der Waals surface area contributed by atoms with Crippen LogP contribution in [0, 0.1) is 0 Å². The molecule has 0 saturated carbocycles. The van der Waals surface area contributed by atoms with Gasteiger partial charge in [0.05, 0.1) is 12.7 Å². The highest BCUT2D eigenvalue weighted by Crippen LogP contribution is 2.23. The third kappa shape index (κ3) is 1.23. The number of benzene rings is 1. The van der Waals surface area contributed by atoms with Crippen LogP contribution < -0.4 is 0 Å². The predicted octanol–water partition coefficient (Wildman–Crippen LogP) is 2.11. The van der Waals surface area contributed by atoms with Crippen LogP contribution in [0.2, 0.25) is 0 Å². The van der Waals surface area contributed by atoms with E-state index in [0.29, 0.717) is 6.10 Å². The quantitative estimate of drug-likeness (QED) is 0.692. The van der Waals surface area contributed by atoms with Crippen LogP contribution >= 0.6 is 0 Å². The molecule has 0 aliphatic carbocycles. The predicted molar refractivity (Wildman–Crippen MR) is 51.7 cm³/mol. The Morgan fingerprint density at radius 1 is 1.38 bits per heavy atom. The molecule has 1 aliphatic rings. The fourth-order valence-corrected chi connectivity index (χ4v) is 1.73. The number of para-hydroxylation sites is 1. The van der Waals surface area contributed by atoms with Crippen LogP contribution in [-0.4, -0.2) is 17.7 Å². The van der Waals surface area contributed by atoms with Gasteiger partial charge in [-0.15, -0.1) is 0 Å². The summed E-state index contributed by atoms with van der Waals surface area (Å²) >= 11 is 0. The van der Waals surface area contributed by atoms with Crippen molar-refractivity contribution in [1.82, 2.24) is 4.98 Å².